The molecule has 0 atom stereocenters. The fraction of sp³-hybridized carbons (Fsp3) is 0.300. The lowest BCUT2D eigenvalue weighted by Gasteiger charge is -2.48. The molecule has 0 unspecified atom stereocenters. The molecule has 0 aromatic heterocycles. The van der Waals surface area contributed by atoms with Crippen molar-refractivity contribution in [2.24, 2.45) is 23.7 Å². The van der Waals surface area contributed by atoms with E-state index in [1.54, 1.807) is 24.3 Å². The molecule has 1 aliphatic rings. The minimum absolute atomic E-state index is 0.141. The summed E-state index contributed by atoms with van der Waals surface area (Å²) in [6.45, 7) is 0.838. The first-order valence-electron chi connectivity index (χ1n) is 16.8. The van der Waals surface area contributed by atoms with E-state index >= 15 is 0 Å². The Kier molecular flexibility index (Phi) is 13.6. The molecule has 0 saturated heterocycles. The van der Waals surface area contributed by atoms with E-state index in [4.69, 9.17) is 9.47 Å². The molecule has 1 fully saturated rings. The predicted molar refractivity (Wildman–Crippen MR) is 203 cm³/mol. The largest absolute Gasteiger partial charge is 0.481 e. The van der Waals surface area contributed by atoms with Gasteiger partial charge in [-0.3, -0.25) is 19.2 Å². The van der Waals surface area contributed by atoms with Gasteiger partial charge in [-0.2, -0.15) is 23.5 Å². The van der Waals surface area contributed by atoms with Crippen molar-refractivity contribution in [1.29, 1.82) is 0 Å². The van der Waals surface area contributed by atoms with Gasteiger partial charge in [0.1, 0.15) is 23.0 Å². The highest BCUT2D eigenvalue weighted by Crippen LogP contribution is 2.49. The molecule has 0 aliphatic heterocycles. The number of hydrogen-bond acceptors (Lipinski definition) is 8. The van der Waals surface area contributed by atoms with Crippen LogP contribution in [0.3, 0.4) is 0 Å². The van der Waals surface area contributed by atoms with Gasteiger partial charge in [0.15, 0.2) is 0 Å². The Morgan fingerprint density at radius 1 is 0.519 bits per heavy atom. The van der Waals surface area contributed by atoms with Crippen molar-refractivity contribution in [2.45, 2.75) is 13.1 Å². The van der Waals surface area contributed by atoms with Gasteiger partial charge in [0.25, 0.3) is 0 Å². The maximum Gasteiger partial charge on any atom is 0.308 e. The van der Waals surface area contributed by atoms with Crippen LogP contribution in [0.25, 0.3) is 0 Å². The van der Waals surface area contributed by atoms with Gasteiger partial charge in [0, 0.05) is 37.7 Å². The summed E-state index contributed by atoms with van der Waals surface area (Å²) in [4.78, 5) is 56.9. The molecule has 10 nitrogen and oxygen atoms in total. The van der Waals surface area contributed by atoms with Gasteiger partial charge >= 0.3 is 11.9 Å². The number of carboxylic acids is 2. The summed E-state index contributed by atoms with van der Waals surface area (Å²) in [7, 11) is 0. The Morgan fingerprint density at radius 2 is 0.846 bits per heavy atom. The standard InChI is InChI=1S/C40H42N2O8S2/c1-51-23-21-41(25-27-13-17-31(18-14-27)49-29-9-5-3-6-10-29)37(43)33-35(39(45)46)34(36(33)40(47)48)38(44)42(22-24-52-2)26-28-15-19-32(20-16-28)50-30-11-7-4-8-12-30/h3-20,33-36H,21-26H2,1-2H3,(H,45,46)(H,47,48)/t33-,34-,35-,36-. The monoisotopic (exact) mass is 742 g/mol. The van der Waals surface area contributed by atoms with Crippen LogP contribution < -0.4 is 9.47 Å². The van der Waals surface area contributed by atoms with Crippen molar-refractivity contribution >= 4 is 47.3 Å². The smallest absolute Gasteiger partial charge is 0.308 e. The van der Waals surface area contributed by atoms with E-state index in [0.29, 0.717) is 34.5 Å². The number of rotatable bonds is 18. The Hall–Kier alpha value is -4.94. The zero-order valence-corrected chi connectivity index (χ0v) is 30.6. The Labute approximate surface area is 312 Å². The first-order chi connectivity index (χ1) is 25.2. The maximum absolute atomic E-state index is 14.2. The molecule has 0 spiro atoms. The summed E-state index contributed by atoms with van der Waals surface area (Å²) in [6.07, 6.45) is 3.78. The van der Waals surface area contributed by atoms with Crippen LogP contribution in [-0.4, -0.2) is 80.9 Å². The van der Waals surface area contributed by atoms with Crippen LogP contribution >= 0.6 is 23.5 Å². The molecule has 0 radical (unpaired) electrons. The van der Waals surface area contributed by atoms with Crippen molar-refractivity contribution < 1.29 is 38.9 Å². The summed E-state index contributed by atoms with van der Waals surface area (Å²) >= 11 is 3.03. The second-order valence-electron chi connectivity index (χ2n) is 12.4. The van der Waals surface area contributed by atoms with Crippen molar-refractivity contribution in [3.63, 3.8) is 0 Å². The normalized spacial score (nSPS) is 17.7. The molecule has 272 valence electrons. The van der Waals surface area contributed by atoms with Crippen molar-refractivity contribution in [3.8, 4) is 23.0 Å². The highest BCUT2D eigenvalue weighted by molar-refractivity contribution is 7.98. The van der Waals surface area contributed by atoms with E-state index < -0.39 is 47.4 Å². The lowest BCUT2D eigenvalue weighted by molar-refractivity contribution is -0.187. The molecule has 0 bridgehead atoms. The molecule has 2 N–H and O–H groups in total. The molecule has 52 heavy (non-hydrogen) atoms. The number of carbonyl (C=O) groups excluding carboxylic acids is 2. The van der Waals surface area contributed by atoms with E-state index in [-0.39, 0.29) is 26.2 Å². The molecular weight excluding hydrogens is 701 g/mol. The zero-order chi connectivity index (χ0) is 37.0. The van der Waals surface area contributed by atoms with Crippen LogP contribution in [0.5, 0.6) is 23.0 Å². The van der Waals surface area contributed by atoms with Crippen molar-refractivity contribution in [2.75, 3.05) is 37.1 Å². The van der Waals surface area contributed by atoms with Crippen molar-refractivity contribution in [3.05, 3.63) is 120 Å². The van der Waals surface area contributed by atoms with Crippen LogP contribution in [0.1, 0.15) is 11.1 Å². The van der Waals surface area contributed by atoms with E-state index in [2.05, 4.69) is 0 Å². The van der Waals surface area contributed by atoms with Crippen LogP contribution in [-0.2, 0) is 32.3 Å². The first-order valence-corrected chi connectivity index (χ1v) is 19.6. The van der Waals surface area contributed by atoms with Crippen LogP contribution in [0.2, 0.25) is 0 Å². The van der Waals surface area contributed by atoms with Crippen LogP contribution in [0.4, 0.5) is 0 Å². The summed E-state index contributed by atoms with van der Waals surface area (Å²) in [5, 5.41) is 20.8. The second-order valence-corrected chi connectivity index (χ2v) is 14.4. The van der Waals surface area contributed by atoms with Crippen LogP contribution in [0, 0.1) is 23.7 Å². The third kappa shape index (κ3) is 9.68. The SMILES string of the molecule is CSCCN(Cc1ccc(Oc2ccccc2)cc1)C(=O)[C@H]1[C@H](C(=O)O)[C@H](C(=O)N(CCSC)Cc2ccc(Oc3ccccc3)cc2)[C@H]1C(=O)O. The number of carbonyl (C=O) groups is 4. The van der Waals surface area contributed by atoms with Gasteiger partial charge in [-0.05, 0) is 72.2 Å². The Balaban J connectivity index is 1.33. The third-order valence-electron chi connectivity index (χ3n) is 8.99. The number of amides is 2. The van der Waals surface area contributed by atoms with Gasteiger partial charge in [0.2, 0.25) is 11.8 Å². The number of aliphatic carboxylic acids is 2. The number of carboxylic acid groups (broad SMARTS) is 2. The zero-order valence-electron chi connectivity index (χ0n) is 29.0. The number of ether oxygens (including phenoxy) is 2. The van der Waals surface area contributed by atoms with E-state index in [9.17, 15) is 29.4 Å². The highest BCUT2D eigenvalue weighted by Gasteiger charge is 2.64. The van der Waals surface area contributed by atoms with Crippen molar-refractivity contribution in [1.82, 2.24) is 9.80 Å². The number of hydrogen-bond donors (Lipinski definition) is 2. The number of para-hydroxylation sites is 2. The first kappa shape index (κ1) is 38.3. The maximum atomic E-state index is 14.2. The summed E-state index contributed by atoms with van der Waals surface area (Å²) < 4.78 is 11.8. The third-order valence-corrected chi connectivity index (χ3v) is 10.2. The average molecular weight is 743 g/mol. The summed E-state index contributed by atoms with van der Waals surface area (Å²) in [5.74, 6) is -6.00. The molecule has 2 amide bonds. The highest BCUT2D eigenvalue weighted by atomic mass is 32.2. The summed E-state index contributed by atoms with van der Waals surface area (Å²) in [5.41, 5.74) is 1.54. The molecular formula is C40H42N2O8S2. The number of benzene rings is 4. The second kappa shape index (κ2) is 18.5. The van der Waals surface area contributed by atoms with Gasteiger partial charge in [-0.25, -0.2) is 0 Å². The van der Waals surface area contributed by atoms with Gasteiger partial charge in [0.05, 0.1) is 23.7 Å². The lowest BCUT2D eigenvalue weighted by Crippen LogP contribution is -2.64. The Bertz CT molecular complexity index is 1650. The fourth-order valence-electron chi connectivity index (χ4n) is 6.35. The molecule has 12 heteroatoms. The molecule has 0 heterocycles. The fourth-order valence-corrected chi connectivity index (χ4v) is 7.16. The van der Waals surface area contributed by atoms with Gasteiger partial charge in [-0.1, -0.05) is 60.7 Å². The van der Waals surface area contributed by atoms with E-state index in [1.807, 2.05) is 97.4 Å². The lowest BCUT2D eigenvalue weighted by atomic mass is 9.55. The van der Waals surface area contributed by atoms with Gasteiger partial charge in [-0.15, -0.1) is 0 Å². The molecule has 1 aliphatic carbocycles. The molecule has 1 saturated carbocycles. The van der Waals surface area contributed by atoms with E-state index in [0.717, 1.165) is 11.1 Å². The average Bonchev–Trinajstić information content (AvgIpc) is 3.13. The predicted octanol–water partition coefficient (Wildman–Crippen LogP) is 7.00. The van der Waals surface area contributed by atoms with Crippen LogP contribution in [0.15, 0.2) is 109 Å². The quantitative estimate of drug-likeness (QED) is 0.110. The number of thioether (sulfide) groups is 2. The minimum Gasteiger partial charge on any atom is -0.481 e. The number of nitrogens with zero attached hydrogens (tertiary/aromatic N) is 2. The molecule has 4 aromatic rings. The minimum atomic E-state index is -1.49. The molecule has 5 rings (SSSR count). The van der Waals surface area contributed by atoms with E-state index in [1.165, 1.54) is 33.3 Å². The van der Waals surface area contributed by atoms with Gasteiger partial charge < -0.3 is 29.5 Å². The topological polar surface area (TPSA) is 134 Å². The summed E-state index contributed by atoms with van der Waals surface area (Å²) in [6, 6.07) is 33.0. The Morgan fingerprint density at radius 3 is 1.15 bits per heavy atom. The molecule has 4 aromatic carbocycles.